The van der Waals surface area contributed by atoms with Gasteiger partial charge in [-0.3, -0.25) is 4.90 Å². The molecule has 2 nitrogen and oxygen atoms in total. The van der Waals surface area contributed by atoms with E-state index in [-0.39, 0.29) is 0 Å². The van der Waals surface area contributed by atoms with Crippen molar-refractivity contribution >= 4 is 10.9 Å². The number of rotatable bonds is 1. The molecule has 1 fully saturated rings. The molecule has 0 spiro atoms. The van der Waals surface area contributed by atoms with E-state index >= 15 is 0 Å². The fourth-order valence-electron chi connectivity index (χ4n) is 4.25. The second-order valence-corrected chi connectivity index (χ2v) is 6.71. The predicted octanol–water partition coefficient (Wildman–Crippen LogP) is 4.79. The van der Waals surface area contributed by atoms with E-state index in [9.17, 15) is 0 Å². The smallest absolute Gasteiger partial charge is 0.0764 e. The number of pyridine rings is 1. The summed E-state index contributed by atoms with van der Waals surface area (Å²) in [6, 6.07) is 20.1. The van der Waals surface area contributed by atoms with Gasteiger partial charge in [-0.2, -0.15) is 0 Å². The summed E-state index contributed by atoms with van der Waals surface area (Å²) in [6.07, 6.45) is 4.00. The molecule has 2 heteroatoms. The second-order valence-electron chi connectivity index (χ2n) is 6.71. The van der Waals surface area contributed by atoms with Gasteiger partial charge in [-0.1, -0.05) is 48.9 Å². The molecule has 1 aromatic heterocycles. The summed E-state index contributed by atoms with van der Waals surface area (Å²) in [5.41, 5.74) is 6.44. The Morgan fingerprint density at radius 2 is 1.61 bits per heavy atom. The van der Waals surface area contributed by atoms with Gasteiger partial charge in [-0.25, -0.2) is 4.98 Å². The molecular formula is C21H20N2. The lowest BCUT2D eigenvalue weighted by Crippen LogP contribution is -2.33. The predicted molar refractivity (Wildman–Crippen MR) is 94.4 cm³/mol. The Morgan fingerprint density at radius 3 is 2.52 bits per heavy atom. The van der Waals surface area contributed by atoms with Crippen molar-refractivity contribution < 1.29 is 0 Å². The van der Waals surface area contributed by atoms with Crippen LogP contribution < -0.4 is 0 Å². The Hall–Kier alpha value is -2.19. The van der Waals surface area contributed by atoms with E-state index in [1.54, 1.807) is 0 Å². The van der Waals surface area contributed by atoms with Crippen LogP contribution in [0, 0.1) is 0 Å². The normalized spacial score (nSPS) is 20.4. The van der Waals surface area contributed by atoms with Gasteiger partial charge in [-0.15, -0.1) is 0 Å². The Labute approximate surface area is 136 Å². The number of para-hydroxylation sites is 1. The lowest BCUT2D eigenvalue weighted by molar-refractivity contribution is 0.190. The van der Waals surface area contributed by atoms with Crippen molar-refractivity contribution in [1.29, 1.82) is 0 Å². The first-order chi connectivity index (χ1) is 11.4. The van der Waals surface area contributed by atoms with E-state index in [2.05, 4.69) is 59.5 Å². The zero-order chi connectivity index (χ0) is 15.2. The molecule has 2 heterocycles. The number of likely N-dealkylation sites (tertiary alicyclic amines) is 1. The summed E-state index contributed by atoms with van der Waals surface area (Å²) in [6.45, 7) is 2.40. The van der Waals surface area contributed by atoms with Crippen LogP contribution in [-0.2, 0) is 0 Å². The lowest BCUT2D eigenvalue weighted by Gasteiger charge is -2.33. The van der Waals surface area contributed by atoms with E-state index in [1.165, 1.54) is 60.1 Å². The molecule has 1 aliphatic carbocycles. The molecule has 2 aromatic carbocycles. The maximum absolute atomic E-state index is 5.02. The van der Waals surface area contributed by atoms with Gasteiger partial charge >= 0.3 is 0 Å². The van der Waals surface area contributed by atoms with Gasteiger partial charge in [0.15, 0.2) is 0 Å². The number of aromatic nitrogens is 1. The van der Waals surface area contributed by atoms with Gasteiger partial charge < -0.3 is 0 Å². The number of benzene rings is 2. The van der Waals surface area contributed by atoms with Crippen LogP contribution >= 0.6 is 0 Å². The van der Waals surface area contributed by atoms with Gasteiger partial charge in [0.2, 0.25) is 0 Å². The zero-order valence-corrected chi connectivity index (χ0v) is 13.2. The first-order valence-corrected chi connectivity index (χ1v) is 8.65. The van der Waals surface area contributed by atoms with E-state index in [1.807, 2.05) is 0 Å². The number of fused-ring (bicyclic) bond motifs is 4. The van der Waals surface area contributed by atoms with Gasteiger partial charge in [0.25, 0.3) is 0 Å². The van der Waals surface area contributed by atoms with Crippen molar-refractivity contribution in [2.24, 2.45) is 0 Å². The maximum Gasteiger partial charge on any atom is 0.0764 e. The third-order valence-corrected chi connectivity index (χ3v) is 5.31. The monoisotopic (exact) mass is 300 g/mol. The van der Waals surface area contributed by atoms with Crippen molar-refractivity contribution in [3.05, 3.63) is 65.7 Å². The highest BCUT2D eigenvalue weighted by atomic mass is 15.2. The molecular weight excluding hydrogens is 280 g/mol. The van der Waals surface area contributed by atoms with Crippen molar-refractivity contribution in [2.45, 2.75) is 25.3 Å². The Balaban J connectivity index is 1.75. The van der Waals surface area contributed by atoms with Crippen molar-refractivity contribution in [1.82, 2.24) is 9.88 Å². The van der Waals surface area contributed by atoms with Crippen molar-refractivity contribution in [3.63, 3.8) is 0 Å². The Morgan fingerprint density at radius 1 is 0.826 bits per heavy atom. The first kappa shape index (κ1) is 13.3. The molecule has 1 atom stereocenters. The molecule has 3 aromatic rings. The van der Waals surface area contributed by atoms with Gasteiger partial charge in [-0.05, 0) is 43.6 Å². The van der Waals surface area contributed by atoms with Crippen molar-refractivity contribution in [3.8, 4) is 11.3 Å². The Kier molecular flexibility index (Phi) is 2.98. The van der Waals surface area contributed by atoms with Crippen LogP contribution in [0.15, 0.2) is 54.6 Å². The fraction of sp³-hybridized carbons (Fsp3) is 0.286. The highest BCUT2D eigenvalue weighted by molar-refractivity contribution is 5.87. The van der Waals surface area contributed by atoms with E-state index in [4.69, 9.17) is 4.98 Å². The molecule has 2 aliphatic rings. The molecule has 1 saturated heterocycles. The molecule has 23 heavy (non-hydrogen) atoms. The van der Waals surface area contributed by atoms with Crippen LogP contribution in [0.5, 0.6) is 0 Å². The molecule has 0 bridgehead atoms. The average Bonchev–Trinajstić information content (AvgIpc) is 2.94. The number of hydrogen-bond donors (Lipinski definition) is 0. The molecule has 1 aliphatic heterocycles. The quantitative estimate of drug-likeness (QED) is 0.642. The summed E-state index contributed by atoms with van der Waals surface area (Å²) in [5.74, 6) is 0. The van der Waals surface area contributed by atoms with Crippen LogP contribution in [0.25, 0.3) is 22.2 Å². The van der Waals surface area contributed by atoms with E-state index in [0.717, 1.165) is 5.52 Å². The second kappa shape index (κ2) is 5.17. The fourth-order valence-corrected chi connectivity index (χ4v) is 4.25. The summed E-state index contributed by atoms with van der Waals surface area (Å²) < 4.78 is 0. The van der Waals surface area contributed by atoms with Crippen molar-refractivity contribution in [2.75, 3.05) is 13.1 Å². The van der Waals surface area contributed by atoms with Crippen LogP contribution in [0.2, 0.25) is 0 Å². The largest absolute Gasteiger partial charge is 0.292 e. The summed E-state index contributed by atoms with van der Waals surface area (Å²) in [5, 5.41) is 1.25. The third kappa shape index (κ3) is 2.02. The Bertz CT molecular complexity index is 878. The third-order valence-electron chi connectivity index (χ3n) is 5.31. The zero-order valence-electron chi connectivity index (χ0n) is 13.2. The summed E-state index contributed by atoms with van der Waals surface area (Å²) in [7, 11) is 0. The summed E-state index contributed by atoms with van der Waals surface area (Å²) in [4.78, 5) is 7.67. The van der Waals surface area contributed by atoms with Crippen LogP contribution in [0.3, 0.4) is 0 Å². The molecule has 0 saturated carbocycles. The minimum absolute atomic E-state index is 0.388. The maximum atomic E-state index is 5.02. The number of piperidine rings is 1. The van der Waals surface area contributed by atoms with Gasteiger partial charge in [0.1, 0.15) is 0 Å². The number of nitrogens with zero attached hydrogens (tertiary/aromatic N) is 2. The lowest BCUT2D eigenvalue weighted by atomic mass is 10.00. The van der Waals surface area contributed by atoms with Crippen LogP contribution in [0.1, 0.15) is 36.4 Å². The molecule has 5 rings (SSSR count). The average molecular weight is 300 g/mol. The van der Waals surface area contributed by atoms with Gasteiger partial charge in [0, 0.05) is 16.5 Å². The minimum atomic E-state index is 0.388. The molecule has 0 N–H and O–H groups in total. The van der Waals surface area contributed by atoms with Gasteiger partial charge in [0.05, 0.1) is 17.3 Å². The van der Waals surface area contributed by atoms with Crippen LogP contribution in [0.4, 0.5) is 0 Å². The van der Waals surface area contributed by atoms with E-state index in [0.29, 0.717) is 6.04 Å². The summed E-state index contributed by atoms with van der Waals surface area (Å²) >= 11 is 0. The number of hydrogen-bond acceptors (Lipinski definition) is 2. The molecule has 114 valence electrons. The van der Waals surface area contributed by atoms with E-state index < -0.39 is 0 Å². The molecule has 0 unspecified atom stereocenters. The first-order valence-electron chi connectivity index (χ1n) is 8.65. The minimum Gasteiger partial charge on any atom is -0.292 e. The highest BCUT2D eigenvalue weighted by Crippen LogP contribution is 2.46. The highest BCUT2D eigenvalue weighted by Gasteiger charge is 2.34. The SMILES string of the molecule is c1ccc2c(c1)-c1nc3ccccc3cc1[C@H]2N1CCCCC1. The molecule has 0 radical (unpaired) electrons. The standard InChI is InChI=1S/C21H20N2/c1-6-12-23(13-7-1)21-17-10-4-3-9-16(17)20-18(21)14-15-8-2-5-11-19(15)22-20/h2-5,8-11,14,21H,1,6-7,12-13H2/t21-/m0/s1. The topological polar surface area (TPSA) is 16.1 Å². The molecule has 0 amide bonds. The van der Waals surface area contributed by atoms with Crippen LogP contribution in [-0.4, -0.2) is 23.0 Å².